The molecule has 6 heteroatoms. The van der Waals surface area contributed by atoms with Gasteiger partial charge in [0.25, 0.3) is 11.5 Å². The predicted molar refractivity (Wildman–Crippen MR) is 150 cm³/mol. The van der Waals surface area contributed by atoms with E-state index in [-0.39, 0.29) is 11.1 Å². The number of carboxylic acid groups (broad SMARTS) is 1. The number of amides is 1. The van der Waals surface area contributed by atoms with Gasteiger partial charge in [-0.3, -0.25) is 9.59 Å². The Morgan fingerprint density at radius 1 is 0.947 bits per heavy atom. The van der Waals surface area contributed by atoms with Gasteiger partial charge in [0.2, 0.25) is 0 Å². The number of hydrogen-bond donors (Lipinski definition) is 2. The van der Waals surface area contributed by atoms with Crippen LogP contribution in [-0.4, -0.2) is 21.6 Å². The Morgan fingerprint density at radius 2 is 1.63 bits per heavy atom. The molecule has 2 N–H and O–H groups in total. The molecule has 1 atom stereocenters. The van der Waals surface area contributed by atoms with Gasteiger partial charge in [0.05, 0.1) is 0 Å². The maximum atomic E-state index is 13.9. The van der Waals surface area contributed by atoms with E-state index in [4.69, 9.17) is 0 Å². The number of hydrogen-bond acceptors (Lipinski definition) is 3. The second-order valence-corrected chi connectivity index (χ2v) is 11.3. The Hall–Kier alpha value is -3.41. The monoisotopic (exact) mass is 514 g/mol. The molecule has 5 rings (SSSR count). The van der Waals surface area contributed by atoms with Crippen molar-refractivity contribution >= 4 is 22.6 Å². The first-order valence-corrected chi connectivity index (χ1v) is 14.2. The number of carbonyl (C=O) groups is 2. The molecule has 3 aromatic rings. The lowest BCUT2D eigenvalue weighted by atomic mass is 9.87. The first kappa shape index (κ1) is 26.2. The van der Waals surface area contributed by atoms with Crippen molar-refractivity contribution in [3.8, 4) is 0 Å². The Labute approximate surface area is 224 Å². The topological polar surface area (TPSA) is 88.4 Å². The van der Waals surface area contributed by atoms with E-state index in [0.29, 0.717) is 18.0 Å². The highest BCUT2D eigenvalue weighted by Crippen LogP contribution is 2.30. The minimum atomic E-state index is -1.71. The van der Waals surface area contributed by atoms with Crippen molar-refractivity contribution in [3.05, 3.63) is 81.3 Å². The molecule has 38 heavy (non-hydrogen) atoms. The van der Waals surface area contributed by atoms with Crippen LogP contribution in [0.25, 0.3) is 10.8 Å². The van der Waals surface area contributed by atoms with Crippen LogP contribution in [0.5, 0.6) is 0 Å². The normalized spacial score (nSPS) is 18.1. The quantitative estimate of drug-likeness (QED) is 0.424. The number of fused-ring (bicyclic) bond motifs is 2. The fourth-order valence-corrected chi connectivity index (χ4v) is 6.41. The van der Waals surface area contributed by atoms with Gasteiger partial charge in [-0.15, -0.1) is 0 Å². The summed E-state index contributed by atoms with van der Waals surface area (Å²) in [6, 6.07) is 14.7. The highest BCUT2D eigenvalue weighted by molar-refractivity contribution is 6.00. The van der Waals surface area contributed by atoms with E-state index < -0.39 is 17.4 Å². The van der Waals surface area contributed by atoms with Crippen LogP contribution in [0.2, 0.25) is 0 Å². The second-order valence-electron chi connectivity index (χ2n) is 11.3. The van der Waals surface area contributed by atoms with Crippen LogP contribution in [0.4, 0.5) is 0 Å². The summed E-state index contributed by atoms with van der Waals surface area (Å²) in [5.41, 5.74) is 0.679. The van der Waals surface area contributed by atoms with Gasteiger partial charge in [-0.1, -0.05) is 74.6 Å². The zero-order valence-corrected chi connectivity index (χ0v) is 22.3. The van der Waals surface area contributed by atoms with Crippen LogP contribution in [0, 0.1) is 5.92 Å². The highest BCUT2D eigenvalue weighted by atomic mass is 16.4. The summed E-state index contributed by atoms with van der Waals surface area (Å²) >= 11 is 0. The smallest absolute Gasteiger partial charge is 0.333 e. The number of aryl methyl sites for hydroxylation is 1. The lowest BCUT2D eigenvalue weighted by Crippen LogP contribution is -2.51. The first-order chi connectivity index (χ1) is 18.4. The molecule has 200 valence electrons. The maximum absolute atomic E-state index is 13.9. The second kappa shape index (κ2) is 11.1. The predicted octanol–water partition coefficient (Wildman–Crippen LogP) is 5.97. The SMILES string of the molecule is CC(NC(=O)c1cc2c(n(CC3CCCCC3)c1=O)CCCCCC2)(C(=O)O)c1cccc2ccccc12. The fraction of sp³-hybridized carbons (Fsp3) is 0.469. The molecule has 2 aliphatic rings. The summed E-state index contributed by atoms with van der Waals surface area (Å²) < 4.78 is 1.88. The van der Waals surface area contributed by atoms with E-state index in [9.17, 15) is 19.5 Å². The average molecular weight is 515 g/mol. The molecule has 2 aromatic carbocycles. The third-order valence-electron chi connectivity index (χ3n) is 8.63. The summed E-state index contributed by atoms with van der Waals surface area (Å²) in [4.78, 5) is 40.4. The van der Waals surface area contributed by atoms with Crippen LogP contribution in [-0.2, 0) is 29.7 Å². The third kappa shape index (κ3) is 5.13. The van der Waals surface area contributed by atoms with Crippen molar-refractivity contribution < 1.29 is 14.7 Å². The summed E-state index contributed by atoms with van der Waals surface area (Å²) in [7, 11) is 0. The number of aromatic nitrogens is 1. The minimum absolute atomic E-state index is 0.0489. The molecule has 0 saturated heterocycles. The number of rotatable bonds is 6. The van der Waals surface area contributed by atoms with Crippen molar-refractivity contribution in [1.29, 1.82) is 0 Å². The van der Waals surface area contributed by atoms with E-state index in [1.165, 1.54) is 26.2 Å². The summed E-state index contributed by atoms with van der Waals surface area (Å²) in [5.74, 6) is -1.36. The van der Waals surface area contributed by atoms with Crippen molar-refractivity contribution in [3.63, 3.8) is 0 Å². The lowest BCUT2D eigenvalue weighted by Gasteiger charge is -2.29. The molecule has 0 radical (unpaired) electrons. The number of nitrogens with zero attached hydrogens (tertiary/aromatic N) is 1. The lowest BCUT2D eigenvalue weighted by molar-refractivity contribution is -0.144. The molecule has 1 heterocycles. The van der Waals surface area contributed by atoms with Crippen LogP contribution >= 0.6 is 0 Å². The Balaban J connectivity index is 1.56. The summed E-state index contributed by atoms with van der Waals surface area (Å²) in [5, 5.41) is 14.8. The molecule has 0 aliphatic heterocycles. The molecule has 0 spiro atoms. The Bertz CT molecular complexity index is 1400. The van der Waals surface area contributed by atoms with Crippen molar-refractivity contribution in [2.75, 3.05) is 0 Å². The van der Waals surface area contributed by atoms with Gasteiger partial charge in [-0.25, -0.2) is 4.79 Å². The Morgan fingerprint density at radius 3 is 2.39 bits per heavy atom. The van der Waals surface area contributed by atoms with E-state index >= 15 is 0 Å². The van der Waals surface area contributed by atoms with Crippen molar-refractivity contribution in [2.45, 2.75) is 89.6 Å². The minimum Gasteiger partial charge on any atom is -0.479 e. The van der Waals surface area contributed by atoms with Gasteiger partial charge >= 0.3 is 5.97 Å². The van der Waals surface area contributed by atoms with E-state index in [0.717, 1.165) is 73.4 Å². The number of benzene rings is 2. The van der Waals surface area contributed by atoms with Crippen LogP contribution in [0.15, 0.2) is 53.3 Å². The van der Waals surface area contributed by atoms with Crippen molar-refractivity contribution in [1.82, 2.24) is 9.88 Å². The number of aliphatic carboxylic acids is 1. The van der Waals surface area contributed by atoms with E-state index in [2.05, 4.69) is 5.32 Å². The van der Waals surface area contributed by atoms with Gasteiger partial charge in [-0.2, -0.15) is 0 Å². The highest BCUT2D eigenvalue weighted by Gasteiger charge is 2.39. The first-order valence-electron chi connectivity index (χ1n) is 14.2. The molecule has 1 fully saturated rings. The molecule has 1 aromatic heterocycles. The number of pyridine rings is 1. The molecule has 1 unspecified atom stereocenters. The van der Waals surface area contributed by atoms with E-state index in [1.807, 2.05) is 34.9 Å². The standard InChI is InChI=1S/C32H38N2O4/c1-32(31(37)38,27-18-11-16-23-14-9-10-17-25(23)27)33-29(35)26-20-24-15-7-2-3-8-19-28(24)34(30(26)36)21-22-12-5-4-6-13-22/h9-11,14,16-18,20,22H,2-8,12-13,15,19,21H2,1H3,(H,33,35)(H,37,38). The zero-order chi connectivity index (χ0) is 26.7. The molecule has 1 amide bonds. The Kier molecular flexibility index (Phi) is 7.68. The summed E-state index contributed by atoms with van der Waals surface area (Å²) in [6.07, 6.45) is 11.9. The number of carboxylic acids is 1. The van der Waals surface area contributed by atoms with Gasteiger partial charge < -0.3 is 15.0 Å². The van der Waals surface area contributed by atoms with Gasteiger partial charge in [0.15, 0.2) is 5.54 Å². The largest absolute Gasteiger partial charge is 0.479 e. The van der Waals surface area contributed by atoms with Gasteiger partial charge in [0, 0.05) is 12.2 Å². The number of carbonyl (C=O) groups excluding carboxylic acids is 1. The van der Waals surface area contributed by atoms with E-state index in [1.54, 1.807) is 18.2 Å². The average Bonchev–Trinajstić information content (AvgIpc) is 2.91. The molecule has 1 saturated carbocycles. The summed E-state index contributed by atoms with van der Waals surface area (Å²) in [6.45, 7) is 2.14. The fourth-order valence-electron chi connectivity index (χ4n) is 6.41. The van der Waals surface area contributed by atoms with Crippen molar-refractivity contribution in [2.24, 2.45) is 5.92 Å². The molecular formula is C32H38N2O4. The maximum Gasteiger partial charge on any atom is 0.333 e. The zero-order valence-electron chi connectivity index (χ0n) is 22.3. The molecule has 6 nitrogen and oxygen atoms in total. The number of nitrogens with one attached hydrogen (secondary N) is 1. The van der Waals surface area contributed by atoms with Gasteiger partial charge in [-0.05, 0) is 79.3 Å². The molecular weight excluding hydrogens is 476 g/mol. The van der Waals surface area contributed by atoms with Gasteiger partial charge in [0.1, 0.15) is 5.56 Å². The van der Waals surface area contributed by atoms with Crippen LogP contribution in [0.3, 0.4) is 0 Å². The van der Waals surface area contributed by atoms with Crippen LogP contribution in [0.1, 0.15) is 91.9 Å². The van der Waals surface area contributed by atoms with Crippen LogP contribution < -0.4 is 10.9 Å². The third-order valence-corrected chi connectivity index (χ3v) is 8.63. The molecule has 0 bridgehead atoms. The molecule has 2 aliphatic carbocycles.